The van der Waals surface area contributed by atoms with Crippen LogP contribution in [-0.2, 0) is 32.6 Å². The molecule has 0 fully saturated rings. The quantitative estimate of drug-likeness (QED) is 0.168. The van der Waals surface area contributed by atoms with Gasteiger partial charge in [0.15, 0.2) is 0 Å². The van der Waals surface area contributed by atoms with Crippen molar-refractivity contribution in [2.45, 2.75) is 64.1 Å². The van der Waals surface area contributed by atoms with Gasteiger partial charge in [0.05, 0.1) is 17.2 Å². The van der Waals surface area contributed by atoms with Crippen molar-refractivity contribution >= 4 is 27.5 Å². The third-order valence-corrected chi connectivity index (χ3v) is 9.53. The molecule has 0 unspecified atom stereocenters. The van der Waals surface area contributed by atoms with Crippen molar-refractivity contribution in [3.8, 4) is 5.75 Å². The number of hydrogen-bond acceptors (Lipinski definition) is 5. The van der Waals surface area contributed by atoms with E-state index in [9.17, 15) is 18.0 Å². The molecule has 0 radical (unpaired) electrons. The van der Waals surface area contributed by atoms with Crippen molar-refractivity contribution in [3.05, 3.63) is 126 Å². The fraction of sp³-hybridized carbons (Fsp3) is 0.297. The predicted molar refractivity (Wildman–Crippen MR) is 182 cm³/mol. The molecule has 1 N–H and O–H groups in total. The minimum absolute atomic E-state index is 0.0367. The third kappa shape index (κ3) is 8.75. The topological polar surface area (TPSA) is 96.0 Å². The van der Waals surface area contributed by atoms with E-state index in [2.05, 4.69) is 5.32 Å². The number of hydrogen-bond donors (Lipinski definition) is 1. The molecular weight excluding hydrogens is 598 g/mol. The Bertz CT molecular complexity index is 1700. The molecule has 0 aliphatic rings. The third-order valence-electron chi connectivity index (χ3n) is 7.75. The molecule has 4 rings (SSSR count). The van der Waals surface area contributed by atoms with Crippen LogP contribution in [0, 0.1) is 6.92 Å². The molecule has 0 saturated heterocycles. The second-order valence-corrected chi connectivity index (χ2v) is 13.1. The molecule has 0 saturated carbocycles. The molecule has 0 spiro atoms. The number of nitrogens with one attached hydrogen (secondary N) is 1. The summed E-state index contributed by atoms with van der Waals surface area (Å²) in [6, 6.07) is 31.0. The molecule has 2 atom stereocenters. The number of aryl methyl sites for hydroxylation is 1. The number of benzene rings is 4. The molecule has 8 nitrogen and oxygen atoms in total. The van der Waals surface area contributed by atoms with Gasteiger partial charge < -0.3 is 15.0 Å². The normalized spacial score (nSPS) is 12.5. The van der Waals surface area contributed by atoms with Crippen LogP contribution in [0.25, 0.3) is 0 Å². The zero-order valence-corrected chi connectivity index (χ0v) is 27.7. The summed E-state index contributed by atoms with van der Waals surface area (Å²) in [5, 5.41) is 3.06. The zero-order valence-electron chi connectivity index (χ0n) is 26.9. The average molecular weight is 642 g/mol. The number of carbonyl (C=O) groups excluding carboxylic acids is 2. The van der Waals surface area contributed by atoms with Gasteiger partial charge in [0.25, 0.3) is 10.0 Å². The highest BCUT2D eigenvalue weighted by atomic mass is 32.2. The summed E-state index contributed by atoms with van der Waals surface area (Å²) in [6.07, 6.45) is 0.967. The molecule has 4 aromatic carbocycles. The van der Waals surface area contributed by atoms with Crippen LogP contribution < -0.4 is 14.4 Å². The Balaban J connectivity index is 1.84. The zero-order chi connectivity index (χ0) is 33.1. The first-order valence-corrected chi connectivity index (χ1v) is 17.1. The monoisotopic (exact) mass is 641 g/mol. The van der Waals surface area contributed by atoms with Crippen molar-refractivity contribution in [1.82, 2.24) is 10.2 Å². The molecule has 242 valence electrons. The minimum atomic E-state index is -4.23. The first-order chi connectivity index (χ1) is 22.1. The first-order valence-electron chi connectivity index (χ1n) is 15.6. The van der Waals surface area contributed by atoms with E-state index in [1.165, 1.54) is 17.0 Å². The first kappa shape index (κ1) is 34.2. The standard InChI is InChI=1S/C37H43N3O5S/c1-5-29(4)38-37(42)34(25-30-17-9-7-10-18-30)39(26-31-19-15-16-28(3)24-31)36(41)27-40(33-22-13-14-23-35(33)45-6-2)46(43,44)32-20-11-8-12-21-32/h7-24,29,34H,5-6,25-27H2,1-4H3,(H,38,42)/t29-,34-/m1/s1. The lowest BCUT2D eigenvalue weighted by molar-refractivity contribution is -0.140. The highest BCUT2D eigenvalue weighted by Gasteiger charge is 2.35. The molecule has 0 bridgehead atoms. The number of anilines is 1. The Morgan fingerprint density at radius 3 is 2.11 bits per heavy atom. The van der Waals surface area contributed by atoms with Crippen LogP contribution in [-0.4, -0.2) is 50.4 Å². The number of para-hydroxylation sites is 2. The molecular formula is C37H43N3O5S. The molecule has 2 amide bonds. The SMILES string of the molecule is CCOc1ccccc1N(CC(=O)N(Cc1cccc(C)c1)[C@H](Cc1ccccc1)C(=O)N[C@H](C)CC)S(=O)(=O)c1ccccc1. The van der Waals surface area contributed by atoms with E-state index < -0.39 is 28.5 Å². The van der Waals surface area contributed by atoms with Crippen LogP contribution >= 0.6 is 0 Å². The fourth-order valence-electron chi connectivity index (χ4n) is 5.18. The molecule has 0 aromatic heterocycles. The minimum Gasteiger partial charge on any atom is -0.492 e. The van der Waals surface area contributed by atoms with Crippen LogP contribution in [0.3, 0.4) is 0 Å². The maximum atomic E-state index is 14.7. The number of sulfonamides is 1. The summed E-state index contributed by atoms with van der Waals surface area (Å²) in [5.41, 5.74) is 2.95. The Kier molecular flexibility index (Phi) is 12.0. The predicted octanol–water partition coefficient (Wildman–Crippen LogP) is 6.14. The highest BCUT2D eigenvalue weighted by molar-refractivity contribution is 7.92. The summed E-state index contributed by atoms with van der Waals surface area (Å²) in [5.74, 6) is -0.489. The van der Waals surface area contributed by atoms with E-state index in [4.69, 9.17) is 4.74 Å². The van der Waals surface area contributed by atoms with E-state index in [1.54, 1.807) is 42.5 Å². The summed E-state index contributed by atoms with van der Waals surface area (Å²) in [4.78, 5) is 30.2. The van der Waals surface area contributed by atoms with Gasteiger partial charge in [-0.15, -0.1) is 0 Å². The van der Waals surface area contributed by atoms with Crippen LogP contribution in [0.2, 0.25) is 0 Å². The van der Waals surface area contributed by atoms with Crippen molar-refractivity contribution in [1.29, 1.82) is 0 Å². The van der Waals surface area contributed by atoms with E-state index in [1.807, 2.05) is 82.3 Å². The summed E-state index contributed by atoms with van der Waals surface area (Å²) in [6.45, 7) is 7.54. The fourth-order valence-corrected chi connectivity index (χ4v) is 6.62. The van der Waals surface area contributed by atoms with Crippen LogP contribution in [0.5, 0.6) is 5.75 Å². The number of amides is 2. The Labute approximate surface area is 273 Å². The average Bonchev–Trinajstić information content (AvgIpc) is 3.06. The van der Waals surface area contributed by atoms with Gasteiger partial charge in [-0.1, -0.05) is 97.4 Å². The van der Waals surface area contributed by atoms with E-state index in [0.29, 0.717) is 18.8 Å². The highest BCUT2D eigenvalue weighted by Crippen LogP contribution is 2.33. The van der Waals surface area contributed by atoms with Gasteiger partial charge in [0, 0.05) is 19.0 Å². The smallest absolute Gasteiger partial charge is 0.264 e. The van der Waals surface area contributed by atoms with Crippen molar-refractivity contribution in [3.63, 3.8) is 0 Å². The largest absolute Gasteiger partial charge is 0.492 e. The summed E-state index contributed by atoms with van der Waals surface area (Å²) < 4.78 is 35.4. The van der Waals surface area contributed by atoms with Crippen LogP contribution in [0.4, 0.5) is 5.69 Å². The van der Waals surface area contributed by atoms with Crippen molar-refractivity contribution in [2.24, 2.45) is 0 Å². The molecule has 9 heteroatoms. The van der Waals surface area contributed by atoms with Crippen LogP contribution in [0.1, 0.15) is 43.9 Å². The Morgan fingerprint density at radius 1 is 0.826 bits per heavy atom. The summed E-state index contributed by atoms with van der Waals surface area (Å²) >= 11 is 0. The van der Waals surface area contributed by atoms with Gasteiger partial charge in [-0.25, -0.2) is 8.42 Å². The number of rotatable bonds is 15. The molecule has 0 aliphatic carbocycles. The number of ether oxygens (including phenoxy) is 1. The number of nitrogens with zero attached hydrogens (tertiary/aromatic N) is 2. The van der Waals surface area contributed by atoms with Crippen molar-refractivity contribution < 1.29 is 22.7 Å². The molecule has 46 heavy (non-hydrogen) atoms. The van der Waals surface area contributed by atoms with Gasteiger partial charge in [-0.2, -0.15) is 0 Å². The lowest BCUT2D eigenvalue weighted by Gasteiger charge is -2.34. The van der Waals surface area contributed by atoms with Crippen LogP contribution in [0.15, 0.2) is 114 Å². The summed E-state index contributed by atoms with van der Waals surface area (Å²) in [7, 11) is -4.23. The molecule has 0 aliphatic heterocycles. The lowest BCUT2D eigenvalue weighted by atomic mass is 10.0. The molecule has 0 heterocycles. The van der Waals surface area contributed by atoms with Gasteiger partial charge in [0.1, 0.15) is 18.3 Å². The van der Waals surface area contributed by atoms with Gasteiger partial charge in [0.2, 0.25) is 11.8 Å². The number of carbonyl (C=O) groups is 2. The van der Waals surface area contributed by atoms with E-state index >= 15 is 0 Å². The van der Waals surface area contributed by atoms with E-state index in [-0.39, 0.29) is 35.5 Å². The van der Waals surface area contributed by atoms with Gasteiger partial charge >= 0.3 is 0 Å². The Morgan fingerprint density at radius 2 is 1.46 bits per heavy atom. The molecule has 4 aromatic rings. The Hall–Kier alpha value is -4.63. The maximum Gasteiger partial charge on any atom is 0.264 e. The lowest BCUT2D eigenvalue weighted by Crippen LogP contribution is -2.54. The maximum absolute atomic E-state index is 14.7. The van der Waals surface area contributed by atoms with Gasteiger partial charge in [-0.05, 0) is 62.6 Å². The van der Waals surface area contributed by atoms with Gasteiger partial charge in [-0.3, -0.25) is 13.9 Å². The van der Waals surface area contributed by atoms with E-state index in [0.717, 1.165) is 21.0 Å². The second kappa shape index (κ2) is 16.1. The van der Waals surface area contributed by atoms with Crippen molar-refractivity contribution in [2.75, 3.05) is 17.5 Å². The second-order valence-electron chi connectivity index (χ2n) is 11.3.